The molecule has 0 fully saturated rings. The van der Waals surface area contributed by atoms with Crippen LogP contribution in [0.1, 0.15) is 5.56 Å². The second-order valence-corrected chi connectivity index (χ2v) is 5.75. The molecule has 3 rings (SSSR count). The number of nitrogens with one attached hydrogen (secondary N) is 1. The Morgan fingerprint density at radius 3 is 2.08 bits per heavy atom. The van der Waals surface area contributed by atoms with E-state index < -0.39 is 0 Å². The summed E-state index contributed by atoms with van der Waals surface area (Å²) in [6.07, 6.45) is 0.344. The molecule has 132 valence electrons. The number of ether oxygens (including phenoxy) is 2. The van der Waals surface area contributed by atoms with E-state index in [4.69, 9.17) is 9.47 Å². The summed E-state index contributed by atoms with van der Waals surface area (Å²) >= 11 is 0. The number of carbonyl (C=O) groups excluding carboxylic acids is 1. The molecule has 26 heavy (non-hydrogen) atoms. The van der Waals surface area contributed by atoms with E-state index in [2.05, 4.69) is 5.32 Å². The minimum Gasteiger partial charge on any atom is -0.490 e. The van der Waals surface area contributed by atoms with Gasteiger partial charge in [-0.2, -0.15) is 0 Å². The van der Waals surface area contributed by atoms with Crippen molar-refractivity contribution >= 4 is 11.6 Å². The molecule has 4 heteroatoms. The minimum atomic E-state index is -0.0549. The summed E-state index contributed by atoms with van der Waals surface area (Å²) in [5, 5.41) is 2.90. The highest BCUT2D eigenvalue weighted by atomic mass is 16.5. The predicted octanol–water partition coefficient (Wildman–Crippen LogP) is 4.33. The summed E-state index contributed by atoms with van der Waals surface area (Å²) in [5.41, 5.74) is 1.70. The van der Waals surface area contributed by atoms with Gasteiger partial charge in [0.1, 0.15) is 24.7 Å². The van der Waals surface area contributed by atoms with Crippen LogP contribution < -0.4 is 14.8 Å². The van der Waals surface area contributed by atoms with Crippen LogP contribution in [0.25, 0.3) is 0 Å². The summed E-state index contributed by atoms with van der Waals surface area (Å²) in [6.45, 7) is 0.880. The molecule has 0 atom stereocenters. The van der Waals surface area contributed by atoms with Gasteiger partial charge in [0.05, 0.1) is 6.42 Å². The fourth-order valence-corrected chi connectivity index (χ4v) is 2.49. The monoisotopic (exact) mass is 347 g/mol. The van der Waals surface area contributed by atoms with E-state index in [0.717, 1.165) is 11.3 Å². The average molecular weight is 347 g/mol. The van der Waals surface area contributed by atoms with Crippen LogP contribution in [0.15, 0.2) is 84.9 Å². The molecule has 0 unspecified atom stereocenters. The van der Waals surface area contributed by atoms with E-state index in [1.807, 2.05) is 84.9 Å². The summed E-state index contributed by atoms with van der Waals surface area (Å²) in [5.74, 6) is 1.46. The fourth-order valence-electron chi connectivity index (χ4n) is 2.49. The molecule has 0 aliphatic carbocycles. The van der Waals surface area contributed by atoms with Crippen molar-refractivity contribution in [2.24, 2.45) is 0 Å². The van der Waals surface area contributed by atoms with Crippen LogP contribution in [0.5, 0.6) is 11.5 Å². The Morgan fingerprint density at radius 1 is 0.731 bits per heavy atom. The van der Waals surface area contributed by atoms with Crippen molar-refractivity contribution < 1.29 is 14.3 Å². The quantitative estimate of drug-likeness (QED) is 0.617. The third kappa shape index (κ3) is 5.67. The maximum atomic E-state index is 12.1. The molecule has 0 saturated heterocycles. The molecule has 3 aromatic rings. The molecule has 1 N–H and O–H groups in total. The van der Waals surface area contributed by atoms with Crippen LogP contribution in [-0.4, -0.2) is 19.1 Å². The normalized spacial score (nSPS) is 10.2. The Hall–Kier alpha value is -3.27. The van der Waals surface area contributed by atoms with Gasteiger partial charge >= 0.3 is 0 Å². The summed E-state index contributed by atoms with van der Waals surface area (Å²) in [4.78, 5) is 12.1. The van der Waals surface area contributed by atoms with Crippen molar-refractivity contribution in [3.63, 3.8) is 0 Å². The molecule has 0 aromatic heterocycles. The summed E-state index contributed by atoms with van der Waals surface area (Å²) in [7, 11) is 0. The molecule has 0 bridgehead atoms. The van der Waals surface area contributed by atoms with Crippen LogP contribution in [0, 0.1) is 0 Å². The zero-order valence-electron chi connectivity index (χ0n) is 14.4. The first-order valence-corrected chi connectivity index (χ1v) is 8.54. The van der Waals surface area contributed by atoms with E-state index in [0.29, 0.717) is 31.1 Å². The highest BCUT2D eigenvalue weighted by Crippen LogP contribution is 2.18. The van der Waals surface area contributed by atoms with Crippen molar-refractivity contribution in [2.75, 3.05) is 18.5 Å². The minimum absolute atomic E-state index is 0.0549. The second kappa shape index (κ2) is 9.28. The molecule has 3 aromatic carbocycles. The summed E-state index contributed by atoms with van der Waals surface area (Å²) < 4.78 is 11.3. The Labute approximate surface area is 153 Å². The van der Waals surface area contributed by atoms with Crippen LogP contribution >= 0.6 is 0 Å². The van der Waals surface area contributed by atoms with E-state index >= 15 is 0 Å². The number of anilines is 1. The first kappa shape index (κ1) is 17.5. The number of hydrogen-bond acceptors (Lipinski definition) is 3. The average Bonchev–Trinajstić information content (AvgIpc) is 2.67. The number of hydrogen-bond donors (Lipinski definition) is 1. The number of amides is 1. The lowest BCUT2D eigenvalue weighted by atomic mass is 10.1. The zero-order valence-corrected chi connectivity index (χ0v) is 14.4. The molecule has 0 aliphatic rings. The van der Waals surface area contributed by atoms with Crippen LogP contribution in [-0.2, 0) is 11.2 Å². The third-order valence-corrected chi connectivity index (χ3v) is 3.69. The predicted molar refractivity (Wildman–Crippen MR) is 103 cm³/mol. The molecule has 0 aliphatic heterocycles. The highest BCUT2D eigenvalue weighted by molar-refractivity contribution is 5.92. The Balaban J connectivity index is 1.46. The molecule has 1 amide bonds. The topological polar surface area (TPSA) is 47.6 Å². The van der Waals surface area contributed by atoms with Crippen molar-refractivity contribution in [3.05, 3.63) is 90.5 Å². The maximum Gasteiger partial charge on any atom is 0.228 e. The van der Waals surface area contributed by atoms with Gasteiger partial charge in [-0.1, -0.05) is 54.6 Å². The van der Waals surface area contributed by atoms with Crippen LogP contribution in [0.3, 0.4) is 0 Å². The van der Waals surface area contributed by atoms with Gasteiger partial charge in [-0.3, -0.25) is 4.79 Å². The van der Waals surface area contributed by atoms with Crippen molar-refractivity contribution in [3.8, 4) is 11.5 Å². The SMILES string of the molecule is O=C(Cc1ccccc1)Nc1cccc(OCCOc2ccccc2)c1. The van der Waals surface area contributed by atoms with Gasteiger partial charge in [0, 0.05) is 11.8 Å². The van der Waals surface area contributed by atoms with E-state index in [9.17, 15) is 4.79 Å². The molecule has 0 radical (unpaired) electrons. The summed E-state index contributed by atoms with van der Waals surface area (Å²) in [6, 6.07) is 26.6. The van der Waals surface area contributed by atoms with Gasteiger partial charge in [0.2, 0.25) is 5.91 Å². The molecule has 0 heterocycles. The van der Waals surface area contributed by atoms with Gasteiger partial charge in [-0.05, 0) is 29.8 Å². The van der Waals surface area contributed by atoms with Gasteiger partial charge < -0.3 is 14.8 Å². The second-order valence-electron chi connectivity index (χ2n) is 5.75. The largest absolute Gasteiger partial charge is 0.490 e. The van der Waals surface area contributed by atoms with Crippen molar-refractivity contribution in [2.45, 2.75) is 6.42 Å². The van der Waals surface area contributed by atoms with Crippen molar-refractivity contribution in [1.29, 1.82) is 0 Å². The molecule has 0 saturated carbocycles. The third-order valence-electron chi connectivity index (χ3n) is 3.69. The Morgan fingerprint density at radius 2 is 1.35 bits per heavy atom. The molecular weight excluding hydrogens is 326 g/mol. The van der Waals surface area contributed by atoms with E-state index in [1.165, 1.54) is 0 Å². The number of carbonyl (C=O) groups is 1. The van der Waals surface area contributed by atoms with Crippen molar-refractivity contribution in [1.82, 2.24) is 0 Å². The van der Waals surface area contributed by atoms with E-state index in [1.54, 1.807) is 0 Å². The lowest BCUT2D eigenvalue weighted by molar-refractivity contribution is -0.115. The van der Waals surface area contributed by atoms with Crippen LogP contribution in [0.4, 0.5) is 5.69 Å². The lowest BCUT2D eigenvalue weighted by Crippen LogP contribution is -2.14. The first-order chi connectivity index (χ1) is 12.8. The smallest absolute Gasteiger partial charge is 0.228 e. The Kier molecular flexibility index (Phi) is 6.26. The van der Waals surface area contributed by atoms with Crippen LogP contribution in [0.2, 0.25) is 0 Å². The highest BCUT2D eigenvalue weighted by Gasteiger charge is 2.05. The molecule has 4 nitrogen and oxygen atoms in total. The number of para-hydroxylation sites is 1. The molecular formula is C22H21NO3. The Bertz CT molecular complexity index is 819. The zero-order chi connectivity index (χ0) is 18.0. The fraction of sp³-hybridized carbons (Fsp3) is 0.136. The van der Waals surface area contributed by atoms with Gasteiger partial charge in [-0.25, -0.2) is 0 Å². The lowest BCUT2D eigenvalue weighted by Gasteiger charge is -2.10. The van der Waals surface area contributed by atoms with Gasteiger partial charge in [0.25, 0.3) is 0 Å². The van der Waals surface area contributed by atoms with Gasteiger partial charge in [0.15, 0.2) is 0 Å². The molecule has 0 spiro atoms. The van der Waals surface area contributed by atoms with E-state index in [-0.39, 0.29) is 5.91 Å². The number of rotatable bonds is 8. The van der Waals surface area contributed by atoms with Gasteiger partial charge in [-0.15, -0.1) is 0 Å². The standard InChI is InChI=1S/C22H21NO3/c24-22(16-18-8-3-1-4-9-18)23-19-10-7-13-21(17-19)26-15-14-25-20-11-5-2-6-12-20/h1-13,17H,14-16H2,(H,23,24). The maximum absolute atomic E-state index is 12.1. The first-order valence-electron chi connectivity index (χ1n) is 8.54. The number of benzene rings is 3.